The van der Waals surface area contributed by atoms with E-state index >= 15 is 0 Å². The van der Waals surface area contributed by atoms with E-state index in [9.17, 15) is 0 Å². The highest BCUT2D eigenvalue weighted by molar-refractivity contribution is 5.23. The van der Waals surface area contributed by atoms with Crippen molar-refractivity contribution in [1.82, 2.24) is 4.90 Å². The molecule has 0 aliphatic carbocycles. The Balaban J connectivity index is 1.38. The first kappa shape index (κ1) is 18.6. The van der Waals surface area contributed by atoms with Crippen LogP contribution in [0.5, 0.6) is 0 Å². The lowest BCUT2D eigenvalue weighted by Gasteiger charge is -2.45. The summed E-state index contributed by atoms with van der Waals surface area (Å²) in [4.78, 5) is 2.53. The predicted octanol–water partition coefficient (Wildman–Crippen LogP) is 5.51. The van der Waals surface area contributed by atoms with Gasteiger partial charge >= 0.3 is 0 Å². The van der Waals surface area contributed by atoms with E-state index in [0.29, 0.717) is 6.61 Å². The quantitative estimate of drug-likeness (QED) is 0.591. The van der Waals surface area contributed by atoms with Gasteiger partial charge in [0.1, 0.15) is 0 Å². The molecule has 148 valence electrons. The number of rotatable bonds is 4. The molecule has 2 heterocycles. The molecule has 3 aromatic carbocycles. The molecule has 5 rings (SSSR count). The van der Waals surface area contributed by atoms with Gasteiger partial charge in [-0.1, -0.05) is 91.0 Å². The zero-order chi connectivity index (χ0) is 19.5. The van der Waals surface area contributed by atoms with Crippen LogP contribution in [0.15, 0.2) is 91.0 Å². The Bertz CT molecular complexity index is 915. The largest absolute Gasteiger partial charge is 0.347 e. The molecular weight excluding hydrogens is 358 g/mol. The zero-order valence-electron chi connectivity index (χ0n) is 16.6. The van der Waals surface area contributed by atoms with E-state index < -0.39 is 5.79 Å². The van der Waals surface area contributed by atoms with Crippen LogP contribution in [0.3, 0.4) is 0 Å². The highest BCUT2D eigenvalue weighted by Crippen LogP contribution is 2.44. The Hall–Kier alpha value is -2.46. The molecule has 3 heteroatoms. The smallest absolute Gasteiger partial charge is 0.181 e. The van der Waals surface area contributed by atoms with Gasteiger partial charge in [0.05, 0.1) is 25.3 Å². The summed E-state index contributed by atoms with van der Waals surface area (Å²) in [6.07, 6.45) is 2.04. The maximum Gasteiger partial charge on any atom is 0.181 e. The van der Waals surface area contributed by atoms with Gasteiger partial charge in [-0.15, -0.1) is 0 Å². The second-order valence-electron chi connectivity index (χ2n) is 8.09. The van der Waals surface area contributed by atoms with Crippen molar-refractivity contribution in [3.05, 3.63) is 108 Å². The van der Waals surface area contributed by atoms with Crippen molar-refractivity contribution < 1.29 is 9.47 Å². The molecule has 3 aromatic rings. The average molecular weight is 386 g/mol. The third-order valence-corrected chi connectivity index (χ3v) is 6.12. The Kier molecular flexibility index (Phi) is 5.19. The fourth-order valence-electron chi connectivity index (χ4n) is 4.62. The molecule has 0 N–H and O–H groups in total. The van der Waals surface area contributed by atoms with Crippen LogP contribution < -0.4 is 0 Å². The summed E-state index contributed by atoms with van der Waals surface area (Å²) in [6.45, 7) is 2.33. The SMILES string of the molecule is c1ccc(CN2CC3(CCC(c4ccccc4)O3)OCC2c2ccccc2)cc1. The topological polar surface area (TPSA) is 21.7 Å². The normalized spacial score (nSPS) is 27.3. The maximum atomic E-state index is 6.56. The summed E-state index contributed by atoms with van der Waals surface area (Å²) in [7, 11) is 0. The summed E-state index contributed by atoms with van der Waals surface area (Å²) < 4.78 is 13.0. The molecule has 3 nitrogen and oxygen atoms in total. The van der Waals surface area contributed by atoms with E-state index in [0.717, 1.165) is 25.9 Å². The first-order chi connectivity index (χ1) is 14.3. The van der Waals surface area contributed by atoms with Crippen LogP contribution in [0.4, 0.5) is 0 Å². The highest BCUT2D eigenvalue weighted by Gasteiger charge is 2.47. The van der Waals surface area contributed by atoms with Crippen molar-refractivity contribution in [2.24, 2.45) is 0 Å². The van der Waals surface area contributed by atoms with Crippen LogP contribution in [-0.4, -0.2) is 23.8 Å². The third kappa shape index (κ3) is 3.99. The van der Waals surface area contributed by atoms with Crippen LogP contribution in [0.2, 0.25) is 0 Å². The lowest BCUT2D eigenvalue weighted by atomic mass is 9.99. The summed E-state index contributed by atoms with van der Waals surface area (Å²) in [5, 5.41) is 0. The summed E-state index contributed by atoms with van der Waals surface area (Å²) in [5.41, 5.74) is 3.87. The van der Waals surface area contributed by atoms with Crippen molar-refractivity contribution in [3.63, 3.8) is 0 Å². The number of hydrogen-bond donors (Lipinski definition) is 0. The first-order valence-corrected chi connectivity index (χ1v) is 10.5. The van der Waals surface area contributed by atoms with E-state index in [-0.39, 0.29) is 12.1 Å². The Morgan fingerprint density at radius 2 is 1.41 bits per heavy atom. The molecule has 29 heavy (non-hydrogen) atoms. The van der Waals surface area contributed by atoms with E-state index in [2.05, 4.69) is 95.9 Å². The maximum absolute atomic E-state index is 6.56. The fourth-order valence-corrected chi connectivity index (χ4v) is 4.62. The van der Waals surface area contributed by atoms with Gasteiger partial charge in [-0.05, 0) is 23.1 Å². The van der Waals surface area contributed by atoms with Gasteiger partial charge in [0.25, 0.3) is 0 Å². The number of morpholine rings is 1. The van der Waals surface area contributed by atoms with Gasteiger partial charge in [-0.25, -0.2) is 0 Å². The molecular formula is C26H27NO2. The molecule has 2 aliphatic heterocycles. The number of nitrogens with zero attached hydrogens (tertiary/aromatic N) is 1. The number of benzene rings is 3. The number of hydrogen-bond acceptors (Lipinski definition) is 3. The van der Waals surface area contributed by atoms with E-state index in [4.69, 9.17) is 9.47 Å². The average Bonchev–Trinajstić information content (AvgIpc) is 3.19. The molecule has 0 amide bonds. The van der Waals surface area contributed by atoms with Gasteiger partial charge in [0, 0.05) is 13.0 Å². The van der Waals surface area contributed by atoms with E-state index in [1.54, 1.807) is 0 Å². The van der Waals surface area contributed by atoms with Crippen molar-refractivity contribution in [2.45, 2.75) is 37.3 Å². The van der Waals surface area contributed by atoms with Crippen LogP contribution >= 0.6 is 0 Å². The minimum absolute atomic E-state index is 0.114. The van der Waals surface area contributed by atoms with Crippen molar-refractivity contribution >= 4 is 0 Å². The molecule has 0 bridgehead atoms. The molecule has 0 radical (unpaired) electrons. The lowest BCUT2D eigenvalue weighted by Crippen LogP contribution is -2.52. The van der Waals surface area contributed by atoms with Gasteiger partial charge in [0.15, 0.2) is 5.79 Å². The van der Waals surface area contributed by atoms with Crippen LogP contribution in [-0.2, 0) is 16.0 Å². The molecule has 3 atom stereocenters. The summed E-state index contributed by atoms with van der Waals surface area (Å²) in [5.74, 6) is -0.513. The molecule has 1 spiro atoms. The second kappa shape index (κ2) is 8.11. The minimum atomic E-state index is -0.513. The predicted molar refractivity (Wildman–Crippen MR) is 114 cm³/mol. The van der Waals surface area contributed by atoms with Crippen LogP contribution in [0, 0.1) is 0 Å². The molecule has 2 aliphatic rings. The molecule has 3 unspecified atom stereocenters. The van der Waals surface area contributed by atoms with Crippen molar-refractivity contribution in [3.8, 4) is 0 Å². The van der Waals surface area contributed by atoms with Gasteiger partial charge in [-0.2, -0.15) is 0 Å². The Morgan fingerprint density at radius 1 is 0.793 bits per heavy atom. The van der Waals surface area contributed by atoms with Gasteiger partial charge in [-0.3, -0.25) is 4.90 Å². The monoisotopic (exact) mass is 385 g/mol. The Morgan fingerprint density at radius 3 is 2.10 bits per heavy atom. The Labute approximate surface area is 172 Å². The lowest BCUT2D eigenvalue weighted by molar-refractivity contribution is -0.272. The fraction of sp³-hybridized carbons (Fsp3) is 0.308. The molecule has 2 saturated heterocycles. The molecule has 2 fully saturated rings. The zero-order valence-corrected chi connectivity index (χ0v) is 16.6. The first-order valence-electron chi connectivity index (χ1n) is 10.5. The number of ether oxygens (including phenoxy) is 2. The molecule has 0 saturated carbocycles. The van der Waals surface area contributed by atoms with E-state index in [1.165, 1.54) is 16.7 Å². The van der Waals surface area contributed by atoms with Gasteiger partial charge in [0.2, 0.25) is 0 Å². The van der Waals surface area contributed by atoms with E-state index in [1.807, 2.05) is 0 Å². The van der Waals surface area contributed by atoms with Gasteiger partial charge < -0.3 is 9.47 Å². The molecule has 0 aromatic heterocycles. The highest BCUT2D eigenvalue weighted by atomic mass is 16.7. The second-order valence-corrected chi connectivity index (χ2v) is 8.09. The summed E-state index contributed by atoms with van der Waals surface area (Å²) >= 11 is 0. The van der Waals surface area contributed by atoms with Crippen LogP contribution in [0.25, 0.3) is 0 Å². The van der Waals surface area contributed by atoms with Crippen molar-refractivity contribution in [2.75, 3.05) is 13.2 Å². The minimum Gasteiger partial charge on any atom is -0.347 e. The standard InChI is InChI=1S/C26H27NO2/c1-4-10-21(11-5-1)18-27-20-26(28-19-24(27)22-12-6-2-7-13-22)17-16-25(29-26)23-14-8-3-9-15-23/h1-15,24-25H,16-20H2. The third-order valence-electron chi connectivity index (χ3n) is 6.12. The summed E-state index contributed by atoms with van der Waals surface area (Å²) in [6, 6.07) is 32.1. The van der Waals surface area contributed by atoms with Crippen molar-refractivity contribution in [1.29, 1.82) is 0 Å². The van der Waals surface area contributed by atoms with Crippen LogP contribution in [0.1, 0.15) is 41.7 Å².